The van der Waals surface area contributed by atoms with Crippen LogP contribution >= 0.6 is 0 Å². The molecule has 0 bridgehead atoms. The number of amides is 2. The topological polar surface area (TPSA) is 130 Å². The highest BCUT2D eigenvalue weighted by Gasteiger charge is 2.32. The lowest BCUT2D eigenvalue weighted by atomic mass is 9.96. The molecule has 188 valence electrons. The third-order valence-electron chi connectivity index (χ3n) is 7.19. The normalized spacial score (nSPS) is 14.5. The molecule has 1 aromatic carbocycles. The number of benzene rings is 1. The van der Waals surface area contributed by atoms with Gasteiger partial charge in [0.15, 0.2) is 5.82 Å². The van der Waals surface area contributed by atoms with Crippen LogP contribution in [0.1, 0.15) is 54.1 Å². The Morgan fingerprint density at radius 2 is 2.05 bits per heavy atom. The number of fused-ring (bicyclic) bond motifs is 1. The van der Waals surface area contributed by atoms with Gasteiger partial charge in [-0.2, -0.15) is 10.4 Å². The standard InChI is InChI=1S/C27H27N7O3/c1-18-6-2-5-9-20(18)27(37)33(17-36)26-22(24-21-11-13-32(16-35)25(21)30-15-29-24)14-34(31-26)23(10-12-28)19-7-3-4-8-19/h2,5-6,9,11,13-15,17,19,23,35H,3-4,7-8,10,16H2,1H3. The molecule has 4 aromatic rings. The van der Waals surface area contributed by atoms with Gasteiger partial charge in [-0.25, -0.2) is 14.9 Å². The Balaban J connectivity index is 1.70. The predicted molar refractivity (Wildman–Crippen MR) is 136 cm³/mol. The lowest BCUT2D eigenvalue weighted by molar-refractivity contribution is -0.107. The molecule has 1 N–H and O–H groups in total. The van der Waals surface area contributed by atoms with Gasteiger partial charge in [-0.3, -0.25) is 14.3 Å². The second-order valence-electron chi connectivity index (χ2n) is 9.30. The smallest absolute Gasteiger partial charge is 0.266 e. The molecule has 1 fully saturated rings. The number of anilines is 1. The molecule has 37 heavy (non-hydrogen) atoms. The summed E-state index contributed by atoms with van der Waals surface area (Å²) in [5, 5.41) is 24.7. The Morgan fingerprint density at radius 3 is 2.76 bits per heavy atom. The maximum atomic E-state index is 13.6. The van der Waals surface area contributed by atoms with Crippen molar-refractivity contribution in [3.05, 3.63) is 60.2 Å². The number of imide groups is 1. The molecule has 0 spiro atoms. The maximum Gasteiger partial charge on any atom is 0.266 e. The molecule has 0 radical (unpaired) electrons. The summed E-state index contributed by atoms with van der Waals surface area (Å²) in [4.78, 5) is 35.8. The maximum absolute atomic E-state index is 13.6. The van der Waals surface area contributed by atoms with Gasteiger partial charge in [-0.15, -0.1) is 0 Å². The van der Waals surface area contributed by atoms with Gasteiger partial charge >= 0.3 is 0 Å². The molecule has 1 aliphatic carbocycles. The Bertz CT molecular complexity index is 1490. The minimum atomic E-state index is -0.504. The van der Waals surface area contributed by atoms with Crippen LogP contribution in [0.3, 0.4) is 0 Å². The number of aliphatic hydroxyl groups is 1. The van der Waals surface area contributed by atoms with Gasteiger partial charge in [0.25, 0.3) is 5.91 Å². The Morgan fingerprint density at radius 1 is 1.27 bits per heavy atom. The number of nitriles is 1. The van der Waals surface area contributed by atoms with Gasteiger partial charge in [0, 0.05) is 23.3 Å². The third kappa shape index (κ3) is 4.38. The number of carbonyl (C=O) groups excluding carboxylic acids is 2. The van der Waals surface area contributed by atoms with E-state index in [0.29, 0.717) is 34.3 Å². The quantitative estimate of drug-likeness (QED) is 0.364. The first-order valence-corrected chi connectivity index (χ1v) is 12.3. The van der Waals surface area contributed by atoms with E-state index in [9.17, 15) is 20.0 Å². The van der Waals surface area contributed by atoms with E-state index in [2.05, 4.69) is 16.0 Å². The van der Waals surface area contributed by atoms with Crippen molar-refractivity contribution in [1.82, 2.24) is 24.3 Å². The predicted octanol–water partition coefficient (Wildman–Crippen LogP) is 4.00. The van der Waals surface area contributed by atoms with Crippen molar-refractivity contribution in [2.24, 2.45) is 5.92 Å². The van der Waals surface area contributed by atoms with E-state index in [4.69, 9.17) is 5.10 Å². The minimum absolute atomic E-state index is 0.140. The molecule has 5 rings (SSSR count). The largest absolute Gasteiger partial charge is 0.376 e. The second kappa shape index (κ2) is 10.3. The zero-order valence-corrected chi connectivity index (χ0v) is 20.5. The summed E-state index contributed by atoms with van der Waals surface area (Å²) in [6.45, 7) is 1.55. The van der Waals surface area contributed by atoms with Crippen molar-refractivity contribution in [3.8, 4) is 17.3 Å². The summed E-state index contributed by atoms with van der Waals surface area (Å²) in [5.41, 5.74) is 2.58. The summed E-state index contributed by atoms with van der Waals surface area (Å²) in [7, 11) is 0. The first-order valence-electron chi connectivity index (χ1n) is 12.3. The van der Waals surface area contributed by atoms with Gasteiger partial charge in [0.1, 0.15) is 18.7 Å². The number of aryl methyl sites for hydroxylation is 1. The molecule has 0 saturated heterocycles. The molecule has 1 atom stereocenters. The van der Waals surface area contributed by atoms with E-state index in [0.717, 1.165) is 36.1 Å². The highest BCUT2D eigenvalue weighted by Crippen LogP contribution is 2.39. The first-order chi connectivity index (χ1) is 18.1. The summed E-state index contributed by atoms with van der Waals surface area (Å²) in [5.74, 6) is -0.0886. The van der Waals surface area contributed by atoms with E-state index in [-0.39, 0.29) is 30.9 Å². The number of rotatable bonds is 8. The minimum Gasteiger partial charge on any atom is -0.376 e. The zero-order chi connectivity index (χ0) is 25.9. The fourth-order valence-corrected chi connectivity index (χ4v) is 5.28. The molecule has 2 amide bonds. The molecule has 1 unspecified atom stereocenters. The fraction of sp³-hybridized carbons (Fsp3) is 0.333. The monoisotopic (exact) mass is 497 g/mol. The van der Waals surface area contributed by atoms with Crippen LogP contribution in [0.25, 0.3) is 22.3 Å². The van der Waals surface area contributed by atoms with Crippen LogP contribution in [0, 0.1) is 24.2 Å². The van der Waals surface area contributed by atoms with Crippen LogP contribution in [0.4, 0.5) is 5.82 Å². The van der Waals surface area contributed by atoms with Crippen LogP contribution in [0.2, 0.25) is 0 Å². The number of aromatic nitrogens is 5. The van der Waals surface area contributed by atoms with Gasteiger partial charge in [0.05, 0.1) is 29.8 Å². The molecule has 10 heteroatoms. The molecule has 10 nitrogen and oxygen atoms in total. The third-order valence-corrected chi connectivity index (χ3v) is 7.19. The van der Waals surface area contributed by atoms with Crippen molar-refractivity contribution in [2.45, 2.75) is 51.8 Å². The molecule has 1 saturated carbocycles. The fourth-order valence-electron chi connectivity index (χ4n) is 5.28. The summed E-state index contributed by atoms with van der Waals surface area (Å²) in [6.07, 6.45) is 9.76. The molecule has 3 aromatic heterocycles. The lowest BCUT2D eigenvalue weighted by Crippen LogP contribution is -2.31. The van der Waals surface area contributed by atoms with Crippen molar-refractivity contribution < 1.29 is 14.7 Å². The van der Waals surface area contributed by atoms with Crippen molar-refractivity contribution >= 4 is 29.2 Å². The van der Waals surface area contributed by atoms with E-state index >= 15 is 0 Å². The van der Waals surface area contributed by atoms with E-state index < -0.39 is 5.91 Å². The van der Waals surface area contributed by atoms with Gasteiger partial charge < -0.3 is 9.67 Å². The lowest BCUT2D eigenvalue weighted by Gasteiger charge is -2.21. The van der Waals surface area contributed by atoms with E-state index in [1.165, 1.54) is 6.33 Å². The summed E-state index contributed by atoms with van der Waals surface area (Å²) < 4.78 is 3.29. The Labute approximate surface area is 213 Å². The molecule has 3 heterocycles. The molecule has 1 aliphatic rings. The second-order valence-corrected chi connectivity index (χ2v) is 9.30. The SMILES string of the molecule is Cc1ccccc1C(=O)N(C=O)c1nn(C(CC#N)C2CCCC2)cc1-c1ncnc2c1ccn2CO. The highest BCUT2D eigenvalue weighted by molar-refractivity contribution is 6.17. The zero-order valence-electron chi connectivity index (χ0n) is 20.5. The van der Waals surface area contributed by atoms with Gasteiger partial charge in [-0.05, 0) is 43.4 Å². The molecular weight excluding hydrogens is 470 g/mol. The van der Waals surface area contributed by atoms with Gasteiger partial charge in [-0.1, -0.05) is 31.0 Å². The average molecular weight is 498 g/mol. The number of aliphatic hydroxyl groups excluding tert-OH is 1. The Kier molecular flexibility index (Phi) is 6.79. The van der Waals surface area contributed by atoms with Crippen molar-refractivity contribution in [2.75, 3.05) is 4.90 Å². The van der Waals surface area contributed by atoms with Crippen LogP contribution < -0.4 is 4.90 Å². The Hall–Kier alpha value is -4.36. The van der Waals surface area contributed by atoms with Gasteiger partial charge in [0.2, 0.25) is 6.41 Å². The summed E-state index contributed by atoms with van der Waals surface area (Å²) in [6, 6.07) is 10.9. The number of nitrogens with zero attached hydrogens (tertiary/aromatic N) is 7. The van der Waals surface area contributed by atoms with Crippen LogP contribution in [-0.4, -0.2) is 41.7 Å². The van der Waals surface area contributed by atoms with Crippen molar-refractivity contribution in [3.63, 3.8) is 0 Å². The highest BCUT2D eigenvalue weighted by atomic mass is 16.3. The summed E-state index contributed by atoms with van der Waals surface area (Å²) >= 11 is 0. The number of carbonyl (C=O) groups is 2. The number of hydrogen-bond donors (Lipinski definition) is 1. The molecule has 0 aliphatic heterocycles. The number of hydrogen-bond acceptors (Lipinski definition) is 7. The van der Waals surface area contributed by atoms with Crippen LogP contribution in [0.15, 0.2) is 49.1 Å². The van der Waals surface area contributed by atoms with Crippen LogP contribution in [-0.2, 0) is 11.5 Å². The average Bonchev–Trinajstić information content (AvgIpc) is 3.68. The first kappa shape index (κ1) is 24.3. The van der Waals surface area contributed by atoms with E-state index in [1.807, 2.05) is 19.1 Å². The molecular formula is C27H27N7O3. The van der Waals surface area contributed by atoms with E-state index in [1.54, 1.807) is 39.8 Å². The van der Waals surface area contributed by atoms with Crippen LogP contribution in [0.5, 0.6) is 0 Å². The van der Waals surface area contributed by atoms with Crippen molar-refractivity contribution in [1.29, 1.82) is 5.26 Å².